The Labute approximate surface area is 161 Å². The molecule has 1 saturated carbocycles. The Kier molecular flexibility index (Phi) is 4.87. The lowest BCUT2D eigenvalue weighted by atomic mass is 10.2. The molecular weight excluding hydrogens is 370 g/mol. The zero-order valence-corrected chi connectivity index (χ0v) is 15.6. The second-order valence-electron chi connectivity index (χ2n) is 6.51. The smallest absolute Gasteiger partial charge is 0.238 e. The third-order valence-electron chi connectivity index (χ3n) is 4.49. The van der Waals surface area contributed by atoms with E-state index < -0.39 is 5.25 Å². The first-order valence-electron chi connectivity index (χ1n) is 8.56. The molecule has 1 N–H and O–H groups in total. The van der Waals surface area contributed by atoms with Gasteiger partial charge in [0, 0.05) is 28.6 Å². The van der Waals surface area contributed by atoms with Gasteiger partial charge in [0.2, 0.25) is 11.8 Å². The van der Waals surface area contributed by atoms with Crippen molar-refractivity contribution in [2.24, 2.45) is 0 Å². The topological polar surface area (TPSA) is 62.3 Å². The largest absolute Gasteiger partial charge is 0.334 e. The Morgan fingerprint density at radius 1 is 1.31 bits per heavy atom. The van der Waals surface area contributed by atoms with Crippen LogP contribution in [-0.2, 0) is 16.1 Å². The van der Waals surface area contributed by atoms with Gasteiger partial charge in [0.1, 0.15) is 0 Å². The minimum atomic E-state index is -0.429. The highest BCUT2D eigenvalue weighted by molar-refractivity contribution is 8.01. The van der Waals surface area contributed by atoms with Crippen molar-refractivity contribution >= 4 is 40.9 Å². The fraction of sp³-hybridized carbons (Fsp3) is 0.316. The number of aromatic nitrogens is 1. The number of pyridine rings is 1. The predicted octanol–water partition coefficient (Wildman–Crippen LogP) is 3.73. The van der Waals surface area contributed by atoms with Gasteiger partial charge in [-0.15, -0.1) is 11.8 Å². The van der Waals surface area contributed by atoms with E-state index in [2.05, 4.69) is 10.3 Å². The predicted molar refractivity (Wildman–Crippen MR) is 102 cm³/mol. The van der Waals surface area contributed by atoms with Gasteiger partial charge in [-0.05, 0) is 43.2 Å². The number of rotatable bonds is 5. The lowest BCUT2D eigenvalue weighted by molar-refractivity contribution is -0.133. The molecule has 0 saturated heterocycles. The third-order valence-corrected chi connectivity index (χ3v) is 6.00. The maximum absolute atomic E-state index is 12.9. The van der Waals surface area contributed by atoms with Gasteiger partial charge in [0.15, 0.2) is 0 Å². The molecule has 4 rings (SSSR count). The standard InChI is InChI=1S/C19H18ClN3O2S/c20-12-4-7-16-15(9-12)22-19(25)17(26-16)10-18(24)23(14-5-6-14)11-13-3-1-2-8-21-13/h1-4,7-9,14,17H,5-6,10-11H2,(H,22,25). The number of benzene rings is 1. The van der Waals surface area contributed by atoms with Crippen LogP contribution in [0.3, 0.4) is 0 Å². The van der Waals surface area contributed by atoms with Crippen LogP contribution in [0.25, 0.3) is 0 Å². The average molecular weight is 388 g/mol. The van der Waals surface area contributed by atoms with Gasteiger partial charge in [0.25, 0.3) is 0 Å². The number of carbonyl (C=O) groups is 2. The molecular formula is C19H18ClN3O2S. The number of nitrogens with zero attached hydrogens (tertiary/aromatic N) is 2. The van der Waals surface area contributed by atoms with Crippen LogP contribution >= 0.6 is 23.4 Å². The normalized spacial score (nSPS) is 18.8. The number of nitrogens with one attached hydrogen (secondary N) is 1. The summed E-state index contributed by atoms with van der Waals surface area (Å²) in [4.78, 5) is 32.4. The lowest BCUT2D eigenvalue weighted by Gasteiger charge is -2.27. The molecule has 1 aliphatic carbocycles. The first-order chi connectivity index (χ1) is 12.6. The van der Waals surface area contributed by atoms with Gasteiger partial charge in [-0.3, -0.25) is 14.6 Å². The van der Waals surface area contributed by atoms with Crippen LogP contribution in [0.5, 0.6) is 0 Å². The molecule has 5 nitrogen and oxygen atoms in total. The first-order valence-corrected chi connectivity index (χ1v) is 9.82. The fourth-order valence-corrected chi connectivity index (χ4v) is 4.26. The molecule has 0 spiro atoms. The molecule has 7 heteroatoms. The van der Waals surface area contributed by atoms with Gasteiger partial charge in [0.05, 0.1) is 23.2 Å². The molecule has 0 radical (unpaired) electrons. The number of hydrogen-bond donors (Lipinski definition) is 1. The zero-order chi connectivity index (χ0) is 18.1. The number of thioether (sulfide) groups is 1. The summed E-state index contributed by atoms with van der Waals surface area (Å²) in [5.41, 5.74) is 1.58. The van der Waals surface area contributed by atoms with Gasteiger partial charge in [-0.1, -0.05) is 17.7 Å². The van der Waals surface area contributed by atoms with E-state index in [4.69, 9.17) is 11.6 Å². The Morgan fingerprint density at radius 2 is 2.15 bits per heavy atom. The summed E-state index contributed by atoms with van der Waals surface area (Å²) in [7, 11) is 0. The monoisotopic (exact) mass is 387 g/mol. The van der Waals surface area contributed by atoms with Gasteiger partial charge < -0.3 is 10.2 Å². The number of anilines is 1. The Hall–Kier alpha value is -2.05. The number of halogens is 1. The summed E-state index contributed by atoms with van der Waals surface area (Å²) in [6.45, 7) is 0.496. The van der Waals surface area contributed by atoms with Crippen molar-refractivity contribution < 1.29 is 9.59 Å². The molecule has 2 aliphatic rings. The van der Waals surface area contributed by atoms with Crippen molar-refractivity contribution in [3.05, 3.63) is 53.3 Å². The highest BCUT2D eigenvalue weighted by Gasteiger charge is 2.36. The van der Waals surface area contributed by atoms with Gasteiger partial charge in [-0.2, -0.15) is 0 Å². The van der Waals surface area contributed by atoms with Crippen molar-refractivity contribution in [3.63, 3.8) is 0 Å². The lowest BCUT2D eigenvalue weighted by Crippen LogP contribution is -2.38. The third kappa shape index (κ3) is 3.86. The van der Waals surface area contributed by atoms with Crippen LogP contribution in [-0.4, -0.2) is 33.0 Å². The average Bonchev–Trinajstić information content (AvgIpc) is 3.46. The summed E-state index contributed by atoms with van der Waals surface area (Å²) in [6, 6.07) is 11.4. The Bertz CT molecular complexity index is 842. The van der Waals surface area contributed by atoms with Crippen LogP contribution in [0.1, 0.15) is 25.0 Å². The molecule has 2 aromatic rings. The minimum absolute atomic E-state index is 0.00298. The molecule has 26 heavy (non-hydrogen) atoms. The Balaban J connectivity index is 1.46. The summed E-state index contributed by atoms with van der Waals surface area (Å²) in [5, 5.41) is 3.01. The molecule has 2 heterocycles. The Morgan fingerprint density at radius 3 is 2.88 bits per heavy atom. The van der Waals surface area contributed by atoms with E-state index in [0.29, 0.717) is 17.3 Å². The molecule has 1 fully saturated rings. The van der Waals surface area contributed by atoms with Gasteiger partial charge in [-0.25, -0.2) is 0 Å². The summed E-state index contributed by atoms with van der Waals surface area (Å²) in [6.07, 6.45) is 3.95. The molecule has 0 bridgehead atoms. The van der Waals surface area contributed by atoms with Gasteiger partial charge >= 0.3 is 0 Å². The molecule has 1 atom stereocenters. The maximum Gasteiger partial charge on any atom is 0.238 e. The van der Waals surface area contributed by atoms with Crippen molar-refractivity contribution in [1.29, 1.82) is 0 Å². The van der Waals surface area contributed by atoms with E-state index in [1.165, 1.54) is 11.8 Å². The van der Waals surface area contributed by atoms with Crippen LogP contribution in [0, 0.1) is 0 Å². The van der Waals surface area contributed by atoms with Crippen LogP contribution in [0.4, 0.5) is 5.69 Å². The van der Waals surface area contributed by atoms with E-state index in [-0.39, 0.29) is 24.3 Å². The molecule has 1 aromatic heterocycles. The van der Waals surface area contributed by atoms with Crippen molar-refractivity contribution in [2.75, 3.05) is 5.32 Å². The minimum Gasteiger partial charge on any atom is -0.334 e. The number of hydrogen-bond acceptors (Lipinski definition) is 4. The fourth-order valence-electron chi connectivity index (χ4n) is 3.01. The second kappa shape index (κ2) is 7.29. The second-order valence-corrected chi connectivity index (χ2v) is 8.20. The summed E-state index contributed by atoms with van der Waals surface area (Å²) < 4.78 is 0. The van der Waals surface area contributed by atoms with E-state index in [1.807, 2.05) is 29.2 Å². The number of amides is 2. The van der Waals surface area contributed by atoms with Crippen LogP contribution in [0.2, 0.25) is 5.02 Å². The van der Waals surface area contributed by atoms with Crippen LogP contribution < -0.4 is 5.32 Å². The molecule has 1 aliphatic heterocycles. The SMILES string of the molecule is O=C1Nc2cc(Cl)ccc2SC1CC(=O)N(Cc1ccccn1)C1CC1. The van der Waals surface area contributed by atoms with Crippen molar-refractivity contribution in [3.8, 4) is 0 Å². The quantitative estimate of drug-likeness (QED) is 0.849. The molecule has 1 aromatic carbocycles. The zero-order valence-electron chi connectivity index (χ0n) is 14.0. The van der Waals surface area contributed by atoms with E-state index in [0.717, 1.165) is 23.4 Å². The number of carbonyl (C=O) groups excluding carboxylic acids is 2. The summed E-state index contributed by atoms with van der Waals surface area (Å²) >= 11 is 7.40. The highest BCUT2D eigenvalue weighted by atomic mass is 35.5. The van der Waals surface area contributed by atoms with Crippen molar-refractivity contribution in [2.45, 2.75) is 42.0 Å². The van der Waals surface area contributed by atoms with E-state index in [9.17, 15) is 9.59 Å². The van der Waals surface area contributed by atoms with Crippen molar-refractivity contribution in [1.82, 2.24) is 9.88 Å². The number of fused-ring (bicyclic) bond motifs is 1. The highest BCUT2D eigenvalue weighted by Crippen LogP contribution is 2.39. The van der Waals surface area contributed by atoms with Crippen LogP contribution in [0.15, 0.2) is 47.5 Å². The van der Waals surface area contributed by atoms with E-state index in [1.54, 1.807) is 18.3 Å². The maximum atomic E-state index is 12.9. The summed E-state index contributed by atoms with van der Waals surface area (Å²) in [5.74, 6) is -0.144. The molecule has 134 valence electrons. The molecule has 1 unspecified atom stereocenters. The first kappa shape index (κ1) is 17.4. The molecule has 2 amide bonds. The van der Waals surface area contributed by atoms with E-state index >= 15 is 0 Å².